The topological polar surface area (TPSA) is 6.48 Å². The van der Waals surface area contributed by atoms with Crippen LogP contribution in [-0.2, 0) is 0 Å². The lowest BCUT2D eigenvalue weighted by Crippen LogP contribution is -2.15. The van der Waals surface area contributed by atoms with E-state index in [0.29, 0.717) is 0 Å². The molecular weight excluding hydrogens is 845 g/mol. The first-order chi connectivity index (χ1) is 34.4. The van der Waals surface area contributed by atoms with Crippen LogP contribution in [0.5, 0.6) is 0 Å². The summed E-state index contributed by atoms with van der Waals surface area (Å²) in [5.41, 5.74) is 18.9. The van der Waals surface area contributed by atoms with Crippen molar-refractivity contribution in [1.82, 2.24) is 0 Å². The molecule has 0 aliphatic heterocycles. The van der Waals surface area contributed by atoms with E-state index in [1.165, 1.54) is 110 Å². The van der Waals surface area contributed by atoms with Gasteiger partial charge in [-0.1, -0.05) is 194 Å². The van der Waals surface area contributed by atoms with E-state index >= 15 is 0 Å². The summed E-state index contributed by atoms with van der Waals surface area (Å²) in [7, 11) is 0. The van der Waals surface area contributed by atoms with Gasteiger partial charge in [0, 0.05) is 21.9 Å². The summed E-state index contributed by atoms with van der Waals surface area (Å²) >= 11 is 0. The van der Waals surface area contributed by atoms with Crippen LogP contribution in [0.2, 0.25) is 0 Å². The highest BCUT2D eigenvalue weighted by atomic mass is 15.2. The van der Waals surface area contributed by atoms with E-state index in [2.05, 4.69) is 280 Å². The molecule has 0 aliphatic rings. The smallest absolute Gasteiger partial charge is 0.0546 e. The van der Waals surface area contributed by atoms with E-state index in [9.17, 15) is 0 Å². The highest BCUT2D eigenvalue weighted by molar-refractivity contribution is 6.16. The molecule has 2 nitrogen and oxygen atoms in total. The molecule has 0 N–H and O–H groups in total. The number of benzene rings is 12. The van der Waals surface area contributed by atoms with Gasteiger partial charge < -0.3 is 9.80 Å². The van der Waals surface area contributed by atoms with Gasteiger partial charge in [0.15, 0.2) is 0 Å². The van der Waals surface area contributed by atoms with Crippen LogP contribution in [0, 0.1) is 27.7 Å². The van der Waals surface area contributed by atoms with Crippen molar-refractivity contribution in [2.75, 3.05) is 9.80 Å². The summed E-state index contributed by atoms with van der Waals surface area (Å²) < 4.78 is 0. The van der Waals surface area contributed by atoms with Gasteiger partial charge in [-0.2, -0.15) is 0 Å². The molecule has 0 amide bonds. The average molecular weight is 897 g/mol. The third-order valence-electron chi connectivity index (χ3n) is 14.2. The molecule has 0 atom stereocenters. The van der Waals surface area contributed by atoms with Gasteiger partial charge in [0.25, 0.3) is 0 Å². The molecule has 0 heterocycles. The second-order valence-electron chi connectivity index (χ2n) is 18.7. The van der Waals surface area contributed by atoms with Crippen LogP contribution in [0.25, 0.3) is 76.5 Å². The fourth-order valence-corrected chi connectivity index (χ4v) is 11.2. The number of hydrogen-bond acceptors (Lipinski definition) is 2. The zero-order valence-corrected chi connectivity index (χ0v) is 40.0. The summed E-state index contributed by atoms with van der Waals surface area (Å²) in [4.78, 5) is 5.06. The van der Waals surface area contributed by atoms with E-state index in [1.54, 1.807) is 0 Å². The van der Waals surface area contributed by atoms with Crippen LogP contribution in [0.15, 0.2) is 243 Å². The van der Waals surface area contributed by atoms with Crippen molar-refractivity contribution in [2.45, 2.75) is 27.7 Å². The molecule has 12 aromatic rings. The molecule has 0 aromatic heterocycles. The number of nitrogens with zero attached hydrogens (tertiary/aromatic N) is 2. The Hall–Kier alpha value is -8.72. The van der Waals surface area contributed by atoms with E-state index < -0.39 is 0 Å². The lowest BCUT2D eigenvalue weighted by molar-refractivity contribution is 1.22. The molecule has 334 valence electrons. The summed E-state index contributed by atoms with van der Waals surface area (Å²) in [6.45, 7) is 9.14. The summed E-state index contributed by atoms with van der Waals surface area (Å²) in [5, 5.41) is 9.86. The molecule has 0 bridgehead atoms. The number of aryl methyl sites for hydroxylation is 4. The molecule has 0 fully saturated rings. The quantitative estimate of drug-likeness (QED) is 0.133. The van der Waals surface area contributed by atoms with Crippen molar-refractivity contribution in [3.8, 4) is 33.4 Å². The highest BCUT2D eigenvalue weighted by Gasteiger charge is 2.26. The van der Waals surface area contributed by atoms with E-state index in [4.69, 9.17) is 0 Å². The van der Waals surface area contributed by atoms with Crippen molar-refractivity contribution < 1.29 is 0 Å². The standard InChI is InChI=1S/C68H52N2/c1-45-39-53(40-46(2)67(45)69(63-37-21-19-31-57(63)49-23-7-5-8-24-49)65-43-51-27-11-13-29-55(51)59-33-15-17-35-61(59)65)54-41-47(3)68(48(4)42-54)70(64-38-22-20-32-58(64)50-25-9-6-10-26-50)66-44-52-28-12-14-30-56(52)60-34-16-18-36-62(60)66/h5-44H,1-4H3. The lowest BCUT2D eigenvalue weighted by Gasteiger charge is -2.33. The second-order valence-corrected chi connectivity index (χ2v) is 18.7. The van der Waals surface area contributed by atoms with Gasteiger partial charge in [0.1, 0.15) is 0 Å². The molecule has 0 radical (unpaired) electrons. The minimum absolute atomic E-state index is 1.14. The summed E-state index contributed by atoms with van der Waals surface area (Å²) in [6, 6.07) is 89.0. The molecule has 0 saturated heterocycles. The SMILES string of the molecule is Cc1cc(-c2cc(C)c(N(c3ccccc3-c3ccccc3)c3cc4ccccc4c4ccccc34)c(C)c2)cc(C)c1N(c1ccccc1-c1ccccc1)c1cc2ccccc2c2ccccc12. The molecular formula is C68H52N2. The minimum atomic E-state index is 1.14. The molecule has 12 rings (SSSR count). The lowest BCUT2D eigenvalue weighted by atomic mass is 9.92. The molecule has 0 unspecified atom stereocenters. The Morgan fingerprint density at radius 2 is 0.529 bits per heavy atom. The molecule has 70 heavy (non-hydrogen) atoms. The summed E-state index contributed by atoms with van der Waals surface area (Å²) in [6.07, 6.45) is 0. The van der Waals surface area contributed by atoms with Crippen molar-refractivity contribution in [3.63, 3.8) is 0 Å². The van der Waals surface area contributed by atoms with Gasteiger partial charge in [-0.15, -0.1) is 0 Å². The third-order valence-corrected chi connectivity index (χ3v) is 14.2. The number of para-hydroxylation sites is 2. The van der Waals surface area contributed by atoms with Crippen LogP contribution in [0.3, 0.4) is 0 Å². The van der Waals surface area contributed by atoms with Crippen LogP contribution >= 0.6 is 0 Å². The Bertz CT molecular complexity index is 3640. The van der Waals surface area contributed by atoms with Crippen molar-refractivity contribution >= 4 is 77.2 Å². The van der Waals surface area contributed by atoms with E-state index in [0.717, 1.165) is 22.7 Å². The Morgan fingerprint density at radius 3 is 0.914 bits per heavy atom. The van der Waals surface area contributed by atoms with Gasteiger partial charge in [-0.3, -0.25) is 0 Å². The van der Waals surface area contributed by atoms with Crippen molar-refractivity contribution in [2.24, 2.45) is 0 Å². The van der Waals surface area contributed by atoms with E-state index in [-0.39, 0.29) is 0 Å². The van der Waals surface area contributed by atoms with Gasteiger partial charge in [-0.05, 0) is 153 Å². The zero-order valence-electron chi connectivity index (χ0n) is 40.0. The molecule has 0 spiro atoms. The maximum absolute atomic E-state index is 2.53. The van der Waals surface area contributed by atoms with Crippen molar-refractivity contribution in [3.05, 3.63) is 265 Å². The monoisotopic (exact) mass is 896 g/mol. The minimum Gasteiger partial charge on any atom is -0.309 e. The Kier molecular flexibility index (Phi) is 10.8. The first-order valence-electron chi connectivity index (χ1n) is 24.3. The largest absolute Gasteiger partial charge is 0.309 e. The van der Waals surface area contributed by atoms with Gasteiger partial charge in [0.2, 0.25) is 0 Å². The Morgan fingerprint density at radius 1 is 0.229 bits per heavy atom. The first-order valence-corrected chi connectivity index (χ1v) is 24.3. The number of rotatable bonds is 9. The van der Waals surface area contributed by atoms with E-state index in [1.807, 2.05) is 0 Å². The Balaban J connectivity index is 1.05. The highest BCUT2D eigenvalue weighted by Crippen LogP contribution is 2.50. The average Bonchev–Trinajstić information content (AvgIpc) is 3.41. The number of hydrogen-bond donors (Lipinski definition) is 0. The van der Waals surface area contributed by atoms with Gasteiger partial charge in [0.05, 0.1) is 34.1 Å². The summed E-state index contributed by atoms with van der Waals surface area (Å²) in [5.74, 6) is 0. The zero-order chi connectivity index (χ0) is 47.3. The maximum atomic E-state index is 2.53. The third kappa shape index (κ3) is 7.37. The molecule has 2 heteroatoms. The normalized spacial score (nSPS) is 11.4. The number of fused-ring (bicyclic) bond motifs is 6. The fraction of sp³-hybridized carbons (Fsp3) is 0.0588. The maximum Gasteiger partial charge on any atom is 0.0546 e. The van der Waals surface area contributed by atoms with Crippen molar-refractivity contribution in [1.29, 1.82) is 0 Å². The van der Waals surface area contributed by atoms with Gasteiger partial charge >= 0.3 is 0 Å². The first kappa shape index (κ1) is 42.6. The molecule has 0 aliphatic carbocycles. The van der Waals surface area contributed by atoms with Gasteiger partial charge in [-0.25, -0.2) is 0 Å². The second kappa shape index (κ2) is 17.7. The molecule has 0 saturated carbocycles. The van der Waals surface area contributed by atoms with Crippen LogP contribution in [0.4, 0.5) is 34.1 Å². The van der Waals surface area contributed by atoms with Crippen LogP contribution < -0.4 is 9.80 Å². The number of anilines is 6. The van der Waals surface area contributed by atoms with Crippen LogP contribution in [-0.4, -0.2) is 0 Å². The predicted molar refractivity (Wildman–Crippen MR) is 301 cm³/mol. The Labute approximate surface area is 411 Å². The predicted octanol–water partition coefficient (Wildman–Crippen LogP) is 19.5. The molecule has 12 aromatic carbocycles. The fourth-order valence-electron chi connectivity index (χ4n) is 11.2. The van der Waals surface area contributed by atoms with Crippen LogP contribution in [0.1, 0.15) is 22.3 Å².